The molecule has 3 aromatic heterocycles. The number of hydrogen-bond acceptors (Lipinski definition) is 7. The van der Waals surface area contributed by atoms with E-state index >= 15 is 0 Å². The largest absolute Gasteiger partial charge is 0.354 e. The van der Waals surface area contributed by atoms with Crippen LogP contribution in [-0.4, -0.2) is 50.1 Å². The Hall–Kier alpha value is -2.22. The van der Waals surface area contributed by atoms with E-state index in [1.54, 1.807) is 6.33 Å². The Morgan fingerprint density at radius 3 is 2.61 bits per heavy atom. The first kappa shape index (κ1) is 14.4. The maximum atomic E-state index is 4.66. The van der Waals surface area contributed by atoms with Gasteiger partial charge in [0.15, 0.2) is 5.65 Å². The summed E-state index contributed by atoms with van der Waals surface area (Å²) in [6.45, 7) is 8.06. The molecular weight excluding hydrogens is 310 g/mol. The molecule has 4 heterocycles. The first-order valence-electron chi connectivity index (χ1n) is 7.84. The van der Waals surface area contributed by atoms with Gasteiger partial charge in [0.25, 0.3) is 0 Å². The summed E-state index contributed by atoms with van der Waals surface area (Å²) < 4.78 is 6.50. The molecule has 1 aliphatic rings. The molecule has 0 aromatic carbocycles. The highest BCUT2D eigenvalue weighted by Gasteiger charge is 2.22. The van der Waals surface area contributed by atoms with Crippen molar-refractivity contribution in [2.75, 3.05) is 36.0 Å². The van der Waals surface area contributed by atoms with Gasteiger partial charge in [-0.25, -0.2) is 4.98 Å². The number of nitrogens with zero attached hydrogens (tertiary/aromatic N) is 7. The Labute approximate surface area is 138 Å². The SMILES string of the molecule is CC(C)c1nsc(N2CCN(c3cccc4nncn34)CC2)n1. The van der Waals surface area contributed by atoms with Crippen LogP contribution >= 0.6 is 11.5 Å². The van der Waals surface area contributed by atoms with E-state index in [0.29, 0.717) is 5.92 Å². The fourth-order valence-electron chi connectivity index (χ4n) is 2.81. The van der Waals surface area contributed by atoms with Crippen molar-refractivity contribution in [2.45, 2.75) is 19.8 Å². The number of hydrogen-bond donors (Lipinski definition) is 0. The van der Waals surface area contributed by atoms with Crippen LogP contribution < -0.4 is 9.80 Å². The molecule has 0 spiro atoms. The molecule has 0 unspecified atom stereocenters. The molecule has 1 fully saturated rings. The second-order valence-electron chi connectivity index (χ2n) is 6.01. The van der Waals surface area contributed by atoms with Gasteiger partial charge in [-0.2, -0.15) is 4.37 Å². The van der Waals surface area contributed by atoms with Crippen LogP contribution in [0.3, 0.4) is 0 Å². The molecule has 4 rings (SSSR count). The summed E-state index contributed by atoms with van der Waals surface area (Å²) in [6.07, 6.45) is 1.77. The lowest BCUT2D eigenvalue weighted by molar-refractivity contribution is 0.641. The fourth-order valence-corrected chi connectivity index (χ4v) is 3.67. The average Bonchev–Trinajstić information content (AvgIpc) is 3.24. The molecule has 0 saturated carbocycles. The van der Waals surface area contributed by atoms with Gasteiger partial charge in [-0.05, 0) is 12.1 Å². The van der Waals surface area contributed by atoms with Crippen LogP contribution in [0.1, 0.15) is 25.6 Å². The Morgan fingerprint density at radius 1 is 1.09 bits per heavy atom. The third-order valence-corrected chi connectivity index (χ3v) is 4.92. The van der Waals surface area contributed by atoms with Crippen molar-refractivity contribution in [3.63, 3.8) is 0 Å². The molecule has 0 radical (unpaired) electrons. The molecule has 8 heteroatoms. The van der Waals surface area contributed by atoms with Crippen molar-refractivity contribution in [3.8, 4) is 0 Å². The summed E-state index contributed by atoms with van der Waals surface area (Å²) in [5.74, 6) is 2.47. The molecule has 0 N–H and O–H groups in total. The topological polar surface area (TPSA) is 62.5 Å². The zero-order chi connectivity index (χ0) is 15.8. The van der Waals surface area contributed by atoms with E-state index in [0.717, 1.165) is 48.6 Å². The molecule has 7 nitrogen and oxygen atoms in total. The molecule has 1 aliphatic heterocycles. The molecular formula is C15H19N7S. The minimum Gasteiger partial charge on any atom is -0.354 e. The summed E-state index contributed by atoms with van der Waals surface area (Å²) in [5.41, 5.74) is 0.885. The molecule has 0 amide bonds. The minimum absolute atomic E-state index is 0.382. The van der Waals surface area contributed by atoms with E-state index in [1.807, 2.05) is 16.5 Å². The van der Waals surface area contributed by atoms with Crippen molar-refractivity contribution < 1.29 is 0 Å². The van der Waals surface area contributed by atoms with Crippen LogP contribution in [0.15, 0.2) is 24.5 Å². The van der Waals surface area contributed by atoms with Gasteiger partial charge in [-0.1, -0.05) is 19.9 Å². The van der Waals surface area contributed by atoms with Gasteiger partial charge < -0.3 is 9.80 Å². The summed E-state index contributed by atoms with van der Waals surface area (Å²) in [5, 5.41) is 9.15. The summed E-state index contributed by atoms with van der Waals surface area (Å²) in [4.78, 5) is 9.36. The highest BCUT2D eigenvalue weighted by Crippen LogP contribution is 2.24. The van der Waals surface area contributed by atoms with E-state index < -0.39 is 0 Å². The smallest absolute Gasteiger partial charge is 0.205 e. The van der Waals surface area contributed by atoms with Crippen LogP contribution in [0.2, 0.25) is 0 Å². The second kappa shape index (κ2) is 5.77. The molecule has 3 aromatic rings. The number of aromatic nitrogens is 5. The van der Waals surface area contributed by atoms with E-state index in [-0.39, 0.29) is 0 Å². The lowest BCUT2D eigenvalue weighted by Crippen LogP contribution is -2.47. The van der Waals surface area contributed by atoms with Gasteiger partial charge in [-0.3, -0.25) is 4.40 Å². The standard InChI is InChI=1S/C15H19N7S/c1-11(2)14-17-15(23-19-14)21-8-6-20(7-9-21)13-5-3-4-12-18-16-10-22(12)13/h3-5,10-11H,6-9H2,1-2H3. The van der Waals surface area contributed by atoms with E-state index in [9.17, 15) is 0 Å². The van der Waals surface area contributed by atoms with E-state index in [4.69, 9.17) is 0 Å². The van der Waals surface area contributed by atoms with E-state index in [1.165, 1.54) is 11.5 Å². The number of fused-ring (bicyclic) bond motifs is 1. The van der Waals surface area contributed by atoms with E-state index in [2.05, 4.69) is 49.3 Å². The van der Waals surface area contributed by atoms with Crippen molar-refractivity contribution in [1.82, 2.24) is 24.0 Å². The highest BCUT2D eigenvalue weighted by molar-refractivity contribution is 7.09. The average molecular weight is 329 g/mol. The second-order valence-corrected chi connectivity index (χ2v) is 6.74. The Kier molecular flexibility index (Phi) is 3.60. The summed E-state index contributed by atoms with van der Waals surface area (Å²) >= 11 is 1.51. The minimum atomic E-state index is 0.382. The first-order chi connectivity index (χ1) is 11.2. The maximum Gasteiger partial charge on any atom is 0.205 e. The quantitative estimate of drug-likeness (QED) is 0.733. The number of rotatable bonds is 3. The van der Waals surface area contributed by atoms with Crippen LogP contribution in [0, 0.1) is 0 Å². The Balaban J connectivity index is 1.49. The lowest BCUT2D eigenvalue weighted by Gasteiger charge is -2.35. The molecule has 0 bridgehead atoms. The molecule has 1 saturated heterocycles. The zero-order valence-corrected chi connectivity index (χ0v) is 14.1. The Bertz CT molecular complexity index is 801. The number of anilines is 2. The van der Waals surface area contributed by atoms with Gasteiger partial charge in [0.2, 0.25) is 5.13 Å². The van der Waals surface area contributed by atoms with Crippen molar-refractivity contribution >= 4 is 28.1 Å². The van der Waals surface area contributed by atoms with Gasteiger partial charge in [0.05, 0.1) is 0 Å². The normalized spacial score (nSPS) is 15.8. The highest BCUT2D eigenvalue weighted by atomic mass is 32.1. The van der Waals surface area contributed by atoms with Crippen LogP contribution in [0.25, 0.3) is 5.65 Å². The van der Waals surface area contributed by atoms with Crippen LogP contribution in [0.4, 0.5) is 10.9 Å². The Morgan fingerprint density at radius 2 is 1.87 bits per heavy atom. The van der Waals surface area contributed by atoms with Gasteiger partial charge in [-0.15, -0.1) is 10.2 Å². The van der Waals surface area contributed by atoms with Gasteiger partial charge in [0, 0.05) is 43.6 Å². The predicted molar refractivity (Wildman–Crippen MR) is 91.4 cm³/mol. The van der Waals surface area contributed by atoms with Gasteiger partial charge >= 0.3 is 0 Å². The van der Waals surface area contributed by atoms with Crippen molar-refractivity contribution in [3.05, 3.63) is 30.4 Å². The third-order valence-electron chi connectivity index (χ3n) is 4.13. The van der Waals surface area contributed by atoms with Crippen LogP contribution in [-0.2, 0) is 0 Å². The lowest BCUT2D eigenvalue weighted by atomic mass is 10.2. The summed E-state index contributed by atoms with van der Waals surface area (Å²) in [7, 11) is 0. The first-order valence-corrected chi connectivity index (χ1v) is 8.62. The van der Waals surface area contributed by atoms with Crippen LogP contribution in [0.5, 0.6) is 0 Å². The molecule has 120 valence electrons. The fraction of sp³-hybridized carbons (Fsp3) is 0.467. The predicted octanol–water partition coefficient (Wildman–Crippen LogP) is 2.03. The maximum absolute atomic E-state index is 4.66. The van der Waals surface area contributed by atoms with Gasteiger partial charge in [0.1, 0.15) is 18.0 Å². The zero-order valence-electron chi connectivity index (χ0n) is 13.3. The third kappa shape index (κ3) is 2.63. The number of pyridine rings is 1. The van der Waals surface area contributed by atoms with Crippen molar-refractivity contribution in [1.29, 1.82) is 0 Å². The summed E-state index contributed by atoms with van der Waals surface area (Å²) in [6, 6.07) is 6.13. The number of piperazine rings is 1. The molecule has 0 aliphatic carbocycles. The monoisotopic (exact) mass is 329 g/mol. The molecule has 23 heavy (non-hydrogen) atoms. The van der Waals surface area contributed by atoms with Crippen molar-refractivity contribution in [2.24, 2.45) is 0 Å². The molecule has 0 atom stereocenters.